The molecule has 3 saturated heterocycles. The van der Waals surface area contributed by atoms with Crippen molar-refractivity contribution >= 4 is 45.5 Å². The second-order valence-corrected chi connectivity index (χ2v) is 11.3. The van der Waals surface area contributed by atoms with Gasteiger partial charge in [0.25, 0.3) is 5.91 Å². The third-order valence-electron chi connectivity index (χ3n) is 6.62. The van der Waals surface area contributed by atoms with Gasteiger partial charge in [-0.05, 0) is 32.4 Å². The van der Waals surface area contributed by atoms with Crippen molar-refractivity contribution in [1.29, 1.82) is 0 Å². The second-order valence-electron chi connectivity index (χ2n) is 9.21. The summed E-state index contributed by atoms with van der Waals surface area (Å²) in [5.74, 6) is 0.0636. The molecule has 4 aromatic rings. The molecule has 190 valence electrons. The number of nitrogens with zero attached hydrogens (tertiary/aromatic N) is 7. The van der Waals surface area contributed by atoms with Crippen molar-refractivity contribution in [2.24, 2.45) is 7.05 Å². The molecule has 37 heavy (non-hydrogen) atoms. The third kappa shape index (κ3) is 4.27. The highest BCUT2D eigenvalue weighted by atomic mass is 32.1. The maximum Gasteiger partial charge on any atom is 0.310 e. The molecule has 0 radical (unpaired) electrons. The molecule has 2 bridgehead atoms. The van der Waals surface area contributed by atoms with Crippen molar-refractivity contribution in [2.45, 2.75) is 32.4 Å². The SMILES string of the molecule is Cc1nc(C)c(-c2csc(Nc3ccc(C(=O)N4C5CC4CN(c4nc(=O)c(F)cn4C)C5)cn3)n2)s1. The average molecular weight is 539 g/mol. The van der Waals surface area contributed by atoms with E-state index < -0.39 is 11.4 Å². The van der Waals surface area contributed by atoms with E-state index in [1.165, 1.54) is 15.9 Å². The molecule has 7 heterocycles. The number of halogens is 1. The highest BCUT2D eigenvalue weighted by molar-refractivity contribution is 7.16. The lowest BCUT2D eigenvalue weighted by molar-refractivity contribution is 0.00540. The normalized spacial score (nSPS) is 18.6. The van der Waals surface area contributed by atoms with E-state index in [-0.39, 0.29) is 18.0 Å². The number of rotatable bonds is 5. The number of anilines is 3. The van der Waals surface area contributed by atoms with Crippen LogP contribution in [0.1, 0.15) is 27.5 Å². The number of carbonyl (C=O) groups excluding carboxylic acids is 1. The highest BCUT2D eigenvalue weighted by Crippen LogP contribution is 2.36. The summed E-state index contributed by atoms with van der Waals surface area (Å²) in [7, 11) is 1.66. The predicted octanol–water partition coefficient (Wildman–Crippen LogP) is 3.36. The Labute approximate surface area is 219 Å². The number of nitrogens with one attached hydrogen (secondary N) is 1. The van der Waals surface area contributed by atoms with E-state index in [9.17, 15) is 14.0 Å². The van der Waals surface area contributed by atoms with Gasteiger partial charge in [-0.2, -0.15) is 9.37 Å². The van der Waals surface area contributed by atoms with Gasteiger partial charge in [0, 0.05) is 37.9 Å². The molecule has 0 spiro atoms. The molecule has 2 atom stereocenters. The van der Waals surface area contributed by atoms with Gasteiger partial charge in [0.2, 0.25) is 11.8 Å². The Balaban J connectivity index is 1.11. The lowest BCUT2D eigenvalue weighted by Crippen LogP contribution is -2.70. The van der Waals surface area contributed by atoms with Crippen LogP contribution >= 0.6 is 22.7 Å². The number of aromatic nitrogens is 5. The van der Waals surface area contributed by atoms with Crippen molar-refractivity contribution in [3.8, 4) is 10.6 Å². The zero-order valence-corrected chi connectivity index (χ0v) is 21.9. The van der Waals surface area contributed by atoms with Gasteiger partial charge in [-0.15, -0.1) is 22.7 Å². The summed E-state index contributed by atoms with van der Waals surface area (Å²) in [6.45, 7) is 5.03. The number of pyridine rings is 1. The van der Waals surface area contributed by atoms with E-state index in [0.29, 0.717) is 35.6 Å². The number of fused-ring (bicyclic) bond motifs is 2. The maximum atomic E-state index is 13.5. The van der Waals surface area contributed by atoms with Crippen LogP contribution in [0, 0.1) is 19.7 Å². The monoisotopic (exact) mass is 538 g/mol. The third-order valence-corrected chi connectivity index (χ3v) is 8.48. The van der Waals surface area contributed by atoms with Gasteiger partial charge < -0.3 is 19.7 Å². The van der Waals surface area contributed by atoms with E-state index in [1.807, 2.05) is 29.0 Å². The van der Waals surface area contributed by atoms with Crippen LogP contribution in [0.15, 0.2) is 34.7 Å². The van der Waals surface area contributed by atoms with Crippen LogP contribution in [0.4, 0.5) is 21.3 Å². The zero-order valence-electron chi connectivity index (χ0n) is 20.3. The standard InChI is InChI=1S/C24H23FN8O2S2/c1-12-20(37-13(2)27-12)18-11-36-23(28-18)29-19-5-4-14(7-26-19)22(35)33-15-6-16(33)9-32(8-15)24-30-21(34)17(25)10-31(24)3/h4-5,7,10-11,15-16H,6,8-9H2,1-3H3,(H,26,28,29). The summed E-state index contributed by atoms with van der Waals surface area (Å²) < 4.78 is 15.0. The van der Waals surface area contributed by atoms with E-state index >= 15 is 0 Å². The molecule has 0 aliphatic carbocycles. The smallest absolute Gasteiger partial charge is 0.310 e. The van der Waals surface area contributed by atoms with Crippen LogP contribution in [-0.2, 0) is 7.05 Å². The van der Waals surface area contributed by atoms with Crippen LogP contribution in [-0.4, -0.2) is 60.5 Å². The molecule has 10 nitrogen and oxygen atoms in total. The topological polar surface area (TPSA) is 109 Å². The van der Waals surface area contributed by atoms with Gasteiger partial charge >= 0.3 is 5.56 Å². The molecule has 3 aliphatic rings. The van der Waals surface area contributed by atoms with Crippen LogP contribution in [0.3, 0.4) is 0 Å². The first kappa shape index (κ1) is 23.7. The average Bonchev–Trinajstić information content (AvgIpc) is 3.46. The Morgan fingerprint density at radius 2 is 1.95 bits per heavy atom. The molecule has 0 aromatic carbocycles. The molecular formula is C24H23FN8O2S2. The van der Waals surface area contributed by atoms with E-state index in [0.717, 1.165) is 33.9 Å². The molecular weight excluding hydrogens is 515 g/mol. The van der Waals surface area contributed by atoms with Gasteiger partial charge in [-0.25, -0.2) is 15.0 Å². The Morgan fingerprint density at radius 3 is 2.62 bits per heavy atom. The summed E-state index contributed by atoms with van der Waals surface area (Å²) in [4.78, 5) is 47.2. The van der Waals surface area contributed by atoms with Crippen LogP contribution in [0.2, 0.25) is 0 Å². The largest absolute Gasteiger partial charge is 0.338 e. The molecule has 4 aromatic heterocycles. The Morgan fingerprint density at radius 1 is 1.16 bits per heavy atom. The molecule has 13 heteroatoms. The summed E-state index contributed by atoms with van der Waals surface area (Å²) in [5, 5.41) is 6.92. The highest BCUT2D eigenvalue weighted by Gasteiger charge is 2.48. The quantitative estimate of drug-likeness (QED) is 0.412. The molecule has 2 unspecified atom stereocenters. The van der Waals surface area contributed by atoms with Crippen molar-refractivity contribution < 1.29 is 9.18 Å². The van der Waals surface area contributed by atoms with Crippen LogP contribution < -0.4 is 15.8 Å². The number of aryl methyl sites for hydroxylation is 3. The van der Waals surface area contributed by atoms with E-state index in [4.69, 9.17) is 0 Å². The van der Waals surface area contributed by atoms with Gasteiger partial charge in [-0.1, -0.05) is 0 Å². The summed E-state index contributed by atoms with van der Waals surface area (Å²) in [6, 6.07) is 3.54. The van der Waals surface area contributed by atoms with Gasteiger partial charge in [0.15, 0.2) is 5.13 Å². The van der Waals surface area contributed by atoms with Crippen LogP contribution in [0.5, 0.6) is 0 Å². The maximum absolute atomic E-state index is 13.5. The van der Waals surface area contributed by atoms with Crippen molar-refractivity contribution in [1.82, 2.24) is 29.4 Å². The number of carbonyl (C=O) groups is 1. The fraction of sp³-hybridized carbons (Fsp3) is 0.333. The van der Waals surface area contributed by atoms with Gasteiger partial charge in [0.1, 0.15) is 5.82 Å². The van der Waals surface area contributed by atoms with Crippen molar-refractivity contribution in [3.05, 3.63) is 62.3 Å². The number of thiazole rings is 2. The second kappa shape index (κ2) is 8.99. The Kier molecular flexibility index (Phi) is 5.75. The lowest BCUT2D eigenvalue weighted by Gasteiger charge is -2.56. The van der Waals surface area contributed by atoms with Gasteiger partial charge in [-0.3, -0.25) is 9.59 Å². The Bertz CT molecular complexity index is 1550. The summed E-state index contributed by atoms with van der Waals surface area (Å²) >= 11 is 3.11. The summed E-state index contributed by atoms with van der Waals surface area (Å²) in [5.41, 5.74) is 1.49. The predicted molar refractivity (Wildman–Crippen MR) is 140 cm³/mol. The molecule has 7 rings (SSSR count). The number of piperidine rings is 1. The fourth-order valence-electron chi connectivity index (χ4n) is 4.96. The first-order valence-electron chi connectivity index (χ1n) is 11.7. The van der Waals surface area contributed by atoms with E-state index in [1.54, 1.807) is 36.7 Å². The first-order valence-corrected chi connectivity index (χ1v) is 13.4. The minimum absolute atomic E-state index is 0.00131. The minimum Gasteiger partial charge on any atom is -0.338 e. The minimum atomic E-state index is -0.879. The van der Waals surface area contributed by atoms with Crippen molar-refractivity contribution in [2.75, 3.05) is 23.3 Å². The Hall–Kier alpha value is -3.71. The number of hydrogen-bond donors (Lipinski definition) is 1. The molecule has 1 amide bonds. The number of hydrogen-bond acceptors (Lipinski definition) is 10. The van der Waals surface area contributed by atoms with Gasteiger partial charge in [0.05, 0.1) is 38.9 Å². The zero-order chi connectivity index (χ0) is 25.8. The van der Waals surface area contributed by atoms with Crippen molar-refractivity contribution in [3.63, 3.8) is 0 Å². The van der Waals surface area contributed by atoms with Crippen LogP contribution in [0.25, 0.3) is 10.6 Å². The number of piperazine rings is 1. The fourth-order valence-corrected chi connectivity index (χ4v) is 6.63. The first-order chi connectivity index (χ1) is 17.8. The lowest BCUT2D eigenvalue weighted by atomic mass is 9.86. The number of amides is 1. The molecule has 1 N–H and O–H groups in total. The molecule has 3 aliphatic heterocycles. The van der Waals surface area contributed by atoms with E-state index in [2.05, 4.69) is 25.3 Å². The summed E-state index contributed by atoms with van der Waals surface area (Å²) in [6.07, 6.45) is 3.60. The molecule has 3 fully saturated rings. The molecule has 0 saturated carbocycles.